The van der Waals surface area contributed by atoms with Gasteiger partial charge in [-0.05, 0) is 135 Å². The Balaban J connectivity index is -0.00000137. The van der Waals surface area contributed by atoms with E-state index >= 15 is 0 Å². The van der Waals surface area contributed by atoms with Crippen LogP contribution in [0.15, 0.2) is 146 Å². The van der Waals surface area contributed by atoms with Crippen molar-refractivity contribution in [2.75, 3.05) is 55.1 Å². The molecule has 4 aromatic carbocycles. The molecule has 28 heteroatoms. The summed E-state index contributed by atoms with van der Waals surface area (Å²) in [5.74, 6) is -1.98. The molecule has 126 heavy (non-hydrogen) atoms. The number of nitrogens with zero attached hydrogens (tertiary/aromatic N) is 2. The average Bonchev–Trinajstić information content (AvgIpc) is 1.65. The number of carbonyl (C=O) groups excluding carboxylic acids is 13. The molecule has 10 N–H and O–H groups in total. The molecular weight excluding hydrogens is 1610 g/mol. The zero-order valence-corrected chi connectivity index (χ0v) is 79.0. The summed E-state index contributed by atoms with van der Waals surface area (Å²) < 4.78 is 24.8. The Bertz CT molecular complexity index is 4400. The fraction of sp³-hybridized carbons (Fsp3) is 0.500. The van der Waals surface area contributed by atoms with Gasteiger partial charge in [0.2, 0.25) is 0 Å². The number of quaternary nitrogens is 1. The average molecular weight is 1760 g/mol. The van der Waals surface area contributed by atoms with Gasteiger partial charge in [-0.25, -0.2) is 19.2 Å². The number of carbonyl (C=O) groups is 14. The maximum absolute atomic E-state index is 12.1. The van der Waals surface area contributed by atoms with E-state index in [1.165, 1.54) is 52.3 Å². The summed E-state index contributed by atoms with van der Waals surface area (Å²) in [6, 6.07) is 27.0. The molecule has 0 amide bonds. The number of phenols is 2. The second-order valence-electron chi connectivity index (χ2n) is 34.2. The van der Waals surface area contributed by atoms with Crippen LogP contribution in [0.2, 0.25) is 0 Å². The number of pyridine rings is 1. The van der Waals surface area contributed by atoms with Crippen molar-refractivity contribution in [1.29, 1.82) is 0 Å². The predicted molar refractivity (Wildman–Crippen MR) is 492 cm³/mol. The van der Waals surface area contributed by atoms with Crippen LogP contribution in [0, 0.1) is 52.8 Å². The molecule has 0 radical (unpaired) electrons. The first kappa shape index (κ1) is 119. The number of nitrogens with two attached hydrogens (primary N) is 3. The van der Waals surface area contributed by atoms with Crippen molar-refractivity contribution in [1.82, 2.24) is 9.97 Å². The molecule has 2 heterocycles. The van der Waals surface area contributed by atoms with E-state index in [0.29, 0.717) is 67.1 Å². The molecule has 28 nitrogen and oxygen atoms in total. The summed E-state index contributed by atoms with van der Waals surface area (Å²) >= 11 is 0. The number of aromatic amines is 1. The Labute approximate surface area is 746 Å². The highest BCUT2D eigenvalue weighted by Gasteiger charge is 2.23. The van der Waals surface area contributed by atoms with E-state index < -0.39 is 47.9 Å². The number of esters is 5. The molecule has 1 unspecified atom stereocenters. The van der Waals surface area contributed by atoms with E-state index in [9.17, 15) is 77.3 Å². The van der Waals surface area contributed by atoms with Gasteiger partial charge in [-0.1, -0.05) is 168 Å². The standard InChI is InChI=1S/C17H16O4.C14H18N2O2.C14H19NO2.C12H14O3.C10H16O4.C8H15NO3.C8H20N.C8H12O3.C7H15NO/c1-11(2)16(19)13-8-4-6-10-15(13)21-17(20)12-7-3-5-9-14(12)18;1-8(2)14(18)12(15)5-9-7-16-13-4-3-10(17)6-11(9)13;1-11(2)13(16)7-3-4-8-14(17)12-6-5-9-15-10-12;1-8(2)12(14)10-6-4-5-7-11(10)15-9(3)13;1-10(2,3)7-14-9(12)6-5-8(11)13-4;1-5(2)8(12)6(9)3-4-7(10)11;1-8(2)6-7-9(3,4)5;1-6(2)7(9)4-5-8(10)11-3;1-6(2)7(9)4-3-5-8/h3-11,18H,1-2H3;3-4,6-8,12,16-17H,5,15H2,1-2H3;5-6,9-11H,3-4,7-8H2,1-2H3;4-8H,1-3H3;5-6H,7H2,1-4H3;5-6H,3-4,9H2,1-2H3,(H,10,11);8H,6-7H2,1-5H3;4-6H,1-3H3;6H,3-5,8H2,1-2H3/q;;;;;;+1;;/b;;;;6-5+;;;5-4+;/t;12-;;;;;;;/m.0......./s1. The van der Waals surface area contributed by atoms with Gasteiger partial charge in [0.05, 0.1) is 71.7 Å². The number of aromatic nitrogens is 2. The summed E-state index contributed by atoms with van der Waals surface area (Å²) in [6.07, 6.45) is 15.7. The largest absolute Gasteiger partial charge is 0.508 e. The monoisotopic (exact) mass is 1760 g/mol. The number of aliphatic carboxylic acids is 1. The second-order valence-corrected chi connectivity index (χ2v) is 34.2. The molecule has 6 rings (SSSR count). The number of unbranched alkanes of at least 4 members (excludes halogenated alkanes) is 1. The summed E-state index contributed by atoms with van der Waals surface area (Å²) in [5, 5.41) is 28.4. The van der Waals surface area contributed by atoms with Crippen molar-refractivity contribution < 1.29 is 111 Å². The smallest absolute Gasteiger partial charge is 0.347 e. The minimum atomic E-state index is -0.915. The Morgan fingerprint density at radius 3 is 1.41 bits per heavy atom. The van der Waals surface area contributed by atoms with E-state index in [-0.39, 0.29) is 123 Å². The number of hydrogen-bond acceptors (Lipinski definition) is 25. The molecule has 698 valence electrons. The van der Waals surface area contributed by atoms with Crippen LogP contribution < -0.4 is 26.7 Å². The third kappa shape index (κ3) is 56.5. The number of aromatic hydroxyl groups is 2. The molecule has 0 spiro atoms. The highest BCUT2D eigenvalue weighted by Crippen LogP contribution is 2.27. The van der Waals surface area contributed by atoms with Crippen molar-refractivity contribution in [2.45, 2.75) is 215 Å². The number of fused-ring (bicyclic) bond motifs is 1. The molecule has 6 aromatic rings. The maximum Gasteiger partial charge on any atom is 0.347 e. The van der Waals surface area contributed by atoms with Gasteiger partial charge in [-0.15, -0.1) is 0 Å². The molecule has 0 aliphatic carbocycles. The van der Waals surface area contributed by atoms with Crippen LogP contribution in [-0.2, 0) is 68.6 Å². The Morgan fingerprint density at radius 2 is 0.992 bits per heavy atom. The lowest BCUT2D eigenvalue weighted by atomic mass is 9.96. The Kier molecular flexibility index (Phi) is 60.7. The van der Waals surface area contributed by atoms with Gasteiger partial charge in [0.15, 0.2) is 34.7 Å². The van der Waals surface area contributed by atoms with Crippen molar-refractivity contribution in [3.8, 4) is 23.0 Å². The molecule has 2 aromatic heterocycles. The lowest BCUT2D eigenvalue weighted by molar-refractivity contribution is -0.870. The fourth-order valence-corrected chi connectivity index (χ4v) is 9.75. The van der Waals surface area contributed by atoms with Crippen molar-refractivity contribution in [2.24, 2.45) is 70.0 Å². The number of benzene rings is 4. The number of carboxylic acid groups (broad SMARTS) is 1. The minimum Gasteiger partial charge on any atom is -0.508 e. The van der Waals surface area contributed by atoms with E-state index in [0.717, 1.165) is 64.4 Å². The zero-order valence-electron chi connectivity index (χ0n) is 79.0. The topological polar surface area (TPSA) is 453 Å². The quantitative estimate of drug-likeness (QED) is 0.00365. The molecule has 0 aliphatic heterocycles. The van der Waals surface area contributed by atoms with Gasteiger partial charge in [0.25, 0.3) is 0 Å². The van der Waals surface area contributed by atoms with Gasteiger partial charge in [0.1, 0.15) is 40.1 Å². The fourth-order valence-electron chi connectivity index (χ4n) is 9.75. The number of nitrogens with one attached hydrogen (secondary N) is 1. The molecule has 0 saturated heterocycles. The number of para-hydroxylation sites is 3. The zero-order chi connectivity index (χ0) is 97.3. The molecule has 0 saturated carbocycles. The third-order valence-corrected chi connectivity index (χ3v) is 17.4. The first-order valence-corrected chi connectivity index (χ1v) is 42.4. The van der Waals surface area contributed by atoms with E-state index in [1.807, 2.05) is 88.4 Å². The summed E-state index contributed by atoms with van der Waals surface area (Å²) in [6.45, 7) is 39.5. The summed E-state index contributed by atoms with van der Waals surface area (Å²) in [4.78, 5) is 164. The molecule has 0 bridgehead atoms. The number of ketones is 8. The second kappa shape index (κ2) is 64.4. The molecule has 0 aliphatic rings. The Morgan fingerprint density at radius 1 is 0.524 bits per heavy atom. The maximum atomic E-state index is 12.1. The molecular formula is C98H145N6O22+. The van der Waals surface area contributed by atoms with Crippen LogP contribution in [0.1, 0.15) is 243 Å². The SMILES string of the molecule is CC(=O)Oc1ccccc1C(=O)C(C)C.CC(C)C(=O)C(N)CCC(=O)O.CC(C)C(=O)CCCCC(=O)c1cccnc1.CC(C)C(=O)CCCN.CC(C)C(=O)[C@@H](N)Cc1c[nH]c2ccc(O)cc12.CC(C)C(=O)c1ccccc1OC(=O)c1ccccc1O.CC(C)CC[N+](C)(C)C.COC(=O)/C=C/C(=O)C(C)C.COC(=O)/C=C/C(=O)OCC(C)(C)C. The summed E-state index contributed by atoms with van der Waals surface area (Å²) in [7, 11) is 9.23. The van der Waals surface area contributed by atoms with Crippen LogP contribution in [-0.4, -0.2) is 179 Å². The van der Waals surface area contributed by atoms with Crippen LogP contribution >= 0.6 is 0 Å². The van der Waals surface area contributed by atoms with Crippen molar-refractivity contribution in [3.63, 3.8) is 0 Å². The third-order valence-electron chi connectivity index (χ3n) is 17.4. The number of phenolic OH excluding ortho intramolecular Hbond substituents is 2. The van der Waals surface area contributed by atoms with Gasteiger partial charge >= 0.3 is 35.8 Å². The van der Waals surface area contributed by atoms with Crippen molar-refractivity contribution in [3.05, 3.63) is 174 Å². The molecule has 0 fully saturated rings. The number of Topliss-reactive ketones (excluding diaryl/α,β-unsaturated/α-hetero) is 7. The number of H-pyrrole nitrogens is 1. The lowest BCUT2D eigenvalue weighted by Crippen LogP contribution is -2.35. The van der Waals surface area contributed by atoms with Crippen LogP contribution in [0.25, 0.3) is 10.9 Å². The highest BCUT2D eigenvalue weighted by molar-refractivity contribution is 6.03. The van der Waals surface area contributed by atoms with Gasteiger partial charge in [-0.3, -0.25) is 52.9 Å². The number of hydrogen-bond donors (Lipinski definition) is 7. The predicted octanol–water partition coefficient (Wildman–Crippen LogP) is 16.3. The normalized spacial score (nSPS) is 11.3. The molecule has 2 atom stereocenters. The first-order chi connectivity index (χ1) is 58.6. The van der Waals surface area contributed by atoms with E-state index in [4.69, 9.17) is 36.5 Å². The minimum absolute atomic E-state index is 0.0214. The van der Waals surface area contributed by atoms with Gasteiger partial charge < -0.3 is 65.7 Å². The summed E-state index contributed by atoms with van der Waals surface area (Å²) in [5.41, 5.74) is 19.9. The number of carboxylic acids is 1. The van der Waals surface area contributed by atoms with Crippen LogP contribution in [0.5, 0.6) is 23.0 Å². The van der Waals surface area contributed by atoms with E-state index in [1.54, 1.807) is 139 Å². The van der Waals surface area contributed by atoms with E-state index in [2.05, 4.69) is 54.4 Å². The number of rotatable bonds is 36. The highest BCUT2D eigenvalue weighted by atomic mass is 16.5. The number of methoxy groups -OCH3 is 2. The number of allylic oxidation sites excluding steroid dienone is 1. The van der Waals surface area contributed by atoms with Gasteiger partial charge in [-0.2, -0.15) is 0 Å². The van der Waals surface area contributed by atoms with Gasteiger partial charge in [0, 0.05) is 127 Å². The first-order valence-electron chi connectivity index (χ1n) is 42.4. The van der Waals surface area contributed by atoms with Crippen LogP contribution in [0.3, 0.4) is 0 Å². The number of ether oxygens (including phenoxy) is 5. The van der Waals surface area contributed by atoms with Crippen LogP contribution in [0.4, 0.5) is 0 Å². The lowest BCUT2D eigenvalue weighted by Gasteiger charge is -2.24. The Hall–Kier alpha value is -11.3. The van der Waals surface area contributed by atoms with Crippen molar-refractivity contribution >= 4 is 93.0 Å².